The Balaban J connectivity index is 2.53. The second-order valence-electron chi connectivity index (χ2n) is 4.38. The van der Waals surface area contributed by atoms with Gasteiger partial charge in [0.05, 0.1) is 30.2 Å². The summed E-state index contributed by atoms with van der Waals surface area (Å²) in [5, 5.41) is 9.67. The van der Waals surface area contributed by atoms with Gasteiger partial charge in [-0.05, 0) is 18.0 Å². The molecule has 0 saturated carbocycles. The molecule has 25 heavy (non-hydrogen) atoms. The van der Waals surface area contributed by atoms with E-state index in [9.17, 15) is 18.5 Å². The zero-order chi connectivity index (χ0) is 18.6. The van der Waals surface area contributed by atoms with Crippen LogP contribution in [0.3, 0.4) is 0 Å². The number of hydrogen-bond acceptors (Lipinski definition) is 9. The molecule has 0 aliphatic rings. The van der Waals surface area contributed by atoms with E-state index >= 15 is 0 Å². The number of benzene rings is 1. The predicted octanol–water partition coefficient (Wildman–Crippen LogP) is 1.06. The van der Waals surface area contributed by atoms with Gasteiger partial charge in [0.25, 0.3) is 0 Å². The number of nitrogens with two attached hydrogens (primary N) is 1. The van der Waals surface area contributed by atoms with Crippen molar-refractivity contribution in [3.63, 3.8) is 0 Å². The fourth-order valence-corrected chi connectivity index (χ4v) is 3.48. The van der Waals surface area contributed by atoms with Crippen LogP contribution in [0, 0.1) is 11.3 Å². The molecule has 2 rings (SSSR count). The quantitative estimate of drug-likeness (QED) is 0.696. The van der Waals surface area contributed by atoms with Crippen molar-refractivity contribution in [2.24, 2.45) is 5.73 Å². The lowest BCUT2D eigenvalue weighted by Crippen LogP contribution is -2.26. The fourth-order valence-electron chi connectivity index (χ4n) is 1.90. The van der Waals surface area contributed by atoms with Gasteiger partial charge in [0.2, 0.25) is 0 Å². The van der Waals surface area contributed by atoms with E-state index < -0.39 is 16.4 Å². The molecule has 1 amide bonds. The molecule has 0 spiro atoms. The summed E-state index contributed by atoms with van der Waals surface area (Å²) in [5.74, 6) is 0.783. The van der Waals surface area contributed by atoms with Crippen LogP contribution in [0.2, 0.25) is 0 Å². The summed E-state index contributed by atoms with van der Waals surface area (Å²) >= 11 is 0.553. The van der Waals surface area contributed by atoms with E-state index in [1.165, 1.54) is 20.4 Å². The first-order valence-corrected chi connectivity index (χ1v) is 8.66. The molecule has 1 heterocycles. The highest BCUT2D eigenvalue weighted by molar-refractivity contribution is 8.08. The molecular weight excluding hydrogens is 372 g/mol. The van der Waals surface area contributed by atoms with Gasteiger partial charge in [-0.3, -0.25) is 4.98 Å². The number of amides is 1. The van der Waals surface area contributed by atoms with Crippen molar-refractivity contribution in [3.8, 4) is 17.6 Å². The monoisotopic (exact) mass is 384 g/mol. The molecule has 1 aromatic carbocycles. The number of carbonyl (C=O) groups excluding carboxylic acids is 1. The molecule has 0 unspecified atom stereocenters. The van der Waals surface area contributed by atoms with Crippen molar-refractivity contribution in [3.05, 3.63) is 23.9 Å². The van der Waals surface area contributed by atoms with Crippen LogP contribution in [0.4, 0.5) is 4.79 Å². The molecule has 0 saturated heterocycles. The Hall–Kier alpha value is -2.75. The molecule has 0 fully saturated rings. The normalized spacial score (nSPS) is 10.9. The van der Waals surface area contributed by atoms with E-state index in [4.69, 9.17) is 9.47 Å². The van der Waals surface area contributed by atoms with Gasteiger partial charge in [-0.15, -0.1) is 4.13 Å². The Labute approximate surface area is 147 Å². The lowest BCUT2D eigenvalue weighted by molar-refractivity contribution is 0.212. The Morgan fingerprint density at radius 3 is 2.52 bits per heavy atom. The number of ether oxygens (including phenoxy) is 2. The standard InChI is InChI=1S/C13H12N4O6S2/c1-21-10-3-8-9(4-11(10)22-2)16-6-7(5-14)12(8)24-17-25(19,20)23-13(15)18/h3-4,6,17H,1-2H3,(H2,15,18). The zero-order valence-electron chi connectivity index (χ0n) is 13.0. The molecule has 0 aliphatic carbocycles. The van der Waals surface area contributed by atoms with Gasteiger partial charge >= 0.3 is 16.4 Å². The van der Waals surface area contributed by atoms with Crippen molar-refractivity contribution in [1.82, 2.24) is 9.11 Å². The Morgan fingerprint density at radius 2 is 1.96 bits per heavy atom. The Bertz CT molecular complexity index is 971. The molecule has 1 aromatic heterocycles. The average Bonchev–Trinajstić information content (AvgIpc) is 2.56. The van der Waals surface area contributed by atoms with Crippen LogP contribution < -0.4 is 19.3 Å². The number of nitriles is 1. The number of primary amides is 1. The number of aromatic nitrogens is 1. The number of nitrogens with one attached hydrogen (secondary N) is 1. The molecule has 3 N–H and O–H groups in total. The van der Waals surface area contributed by atoms with Crippen LogP contribution in [-0.2, 0) is 14.5 Å². The van der Waals surface area contributed by atoms with Gasteiger partial charge in [0.1, 0.15) is 6.07 Å². The maximum Gasteiger partial charge on any atom is 0.421 e. The van der Waals surface area contributed by atoms with Crippen molar-refractivity contribution in [1.29, 1.82) is 5.26 Å². The average molecular weight is 384 g/mol. The largest absolute Gasteiger partial charge is 0.493 e. The van der Waals surface area contributed by atoms with E-state index in [-0.39, 0.29) is 10.5 Å². The maximum atomic E-state index is 11.6. The van der Waals surface area contributed by atoms with Crippen molar-refractivity contribution in [2.75, 3.05) is 14.2 Å². The smallest absolute Gasteiger partial charge is 0.421 e. The molecule has 0 atom stereocenters. The topological polar surface area (TPSA) is 154 Å². The lowest BCUT2D eigenvalue weighted by atomic mass is 10.1. The summed E-state index contributed by atoms with van der Waals surface area (Å²) in [6.45, 7) is 0. The molecular formula is C13H12N4O6S2. The van der Waals surface area contributed by atoms with Gasteiger partial charge in [-0.25, -0.2) is 4.79 Å². The Morgan fingerprint density at radius 1 is 1.32 bits per heavy atom. The van der Waals surface area contributed by atoms with Crippen LogP contribution in [0.25, 0.3) is 10.9 Å². The van der Waals surface area contributed by atoms with E-state index in [0.29, 0.717) is 34.3 Å². The third kappa shape index (κ3) is 4.21. The first-order valence-electron chi connectivity index (χ1n) is 6.43. The third-order valence-corrected chi connectivity index (χ3v) is 5.06. The maximum absolute atomic E-state index is 11.6. The summed E-state index contributed by atoms with van der Waals surface area (Å²) in [6.07, 6.45) is -0.209. The number of fused-ring (bicyclic) bond motifs is 1. The highest BCUT2D eigenvalue weighted by Crippen LogP contribution is 2.36. The van der Waals surface area contributed by atoms with Gasteiger partial charge in [0, 0.05) is 17.6 Å². The predicted molar refractivity (Wildman–Crippen MR) is 88.1 cm³/mol. The van der Waals surface area contributed by atoms with Crippen LogP contribution >= 0.6 is 11.9 Å². The first-order chi connectivity index (χ1) is 11.8. The summed E-state index contributed by atoms with van der Waals surface area (Å²) in [4.78, 5) is 15.0. The summed E-state index contributed by atoms with van der Waals surface area (Å²) < 4.78 is 39.4. The van der Waals surface area contributed by atoms with Crippen molar-refractivity contribution < 1.29 is 26.9 Å². The minimum atomic E-state index is -4.45. The van der Waals surface area contributed by atoms with Gasteiger partial charge in [-0.1, -0.05) is 0 Å². The van der Waals surface area contributed by atoms with Gasteiger partial charge in [-0.2, -0.15) is 13.7 Å². The second kappa shape index (κ2) is 7.43. The summed E-state index contributed by atoms with van der Waals surface area (Å²) in [6, 6.07) is 5.03. The van der Waals surface area contributed by atoms with E-state index in [0.717, 1.165) is 0 Å². The number of carbonyl (C=O) groups is 1. The minimum absolute atomic E-state index is 0.103. The minimum Gasteiger partial charge on any atom is -0.493 e. The number of methoxy groups -OCH3 is 2. The van der Waals surface area contributed by atoms with E-state index in [1.54, 1.807) is 12.1 Å². The zero-order valence-corrected chi connectivity index (χ0v) is 14.6. The van der Waals surface area contributed by atoms with Gasteiger partial charge < -0.3 is 19.4 Å². The molecule has 132 valence electrons. The fraction of sp³-hybridized carbons (Fsp3) is 0.154. The van der Waals surface area contributed by atoms with Crippen LogP contribution in [0.1, 0.15) is 5.56 Å². The Kier molecular flexibility index (Phi) is 5.52. The van der Waals surface area contributed by atoms with Crippen molar-refractivity contribution >= 4 is 39.2 Å². The molecule has 0 radical (unpaired) electrons. The number of hydrogen-bond donors (Lipinski definition) is 2. The first kappa shape index (κ1) is 18.6. The summed E-state index contributed by atoms with van der Waals surface area (Å²) in [5.41, 5.74) is 5.22. The highest BCUT2D eigenvalue weighted by Gasteiger charge is 2.19. The SMILES string of the molecule is COc1cc2ncc(C#N)c(SNS(=O)(=O)OC(N)=O)c2cc1OC. The highest BCUT2D eigenvalue weighted by atomic mass is 32.3. The third-order valence-electron chi connectivity index (χ3n) is 2.88. The van der Waals surface area contributed by atoms with Crippen LogP contribution in [0.15, 0.2) is 23.2 Å². The van der Waals surface area contributed by atoms with Gasteiger partial charge in [0.15, 0.2) is 11.5 Å². The number of pyridine rings is 1. The second-order valence-corrected chi connectivity index (χ2v) is 6.73. The number of nitrogens with zero attached hydrogens (tertiary/aromatic N) is 2. The van der Waals surface area contributed by atoms with E-state index in [2.05, 4.69) is 14.9 Å². The van der Waals surface area contributed by atoms with Crippen molar-refractivity contribution in [2.45, 2.75) is 4.90 Å². The molecule has 0 bridgehead atoms. The summed E-state index contributed by atoms with van der Waals surface area (Å²) in [7, 11) is -1.56. The van der Waals surface area contributed by atoms with Crippen LogP contribution in [0.5, 0.6) is 11.5 Å². The lowest BCUT2D eigenvalue weighted by Gasteiger charge is -2.12. The number of rotatable bonds is 6. The molecule has 0 aliphatic heterocycles. The van der Waals surface area contributed by atoms with Crippen LogP contribution in [-0.4, -0.2) is 33.7 Å². The molecule has 12 heteroatoms. The van der Waals surface area contributed by atoms with E-state index in [1.807, 2.05) is 10.2 Å². The molecule has 10 nitrogen and oxygen atoms in total. The molecule has 2 aromatic rings.